The van der Waals surface area contributed by atoms with Gasteiger partial charge in [-0.3, -0.25) is 14.5 Å². The number of nitrogens with zero attached hydrogens (tertiary/aromatic N) is 1. The molecular weight excluding hydrogens is 418 g/mol. The second kappa shape index (κ2) is 9.00. The zero-order valence-electron chi connectivity index (χ0n) is 20.8. The number of ketones is 2. The lowest BCUT2D eigenvalue weighted by Gasteiger charge is -2.60. The number of ether oxygens (including phenoxy) is 2. The third-order valence-corrected chi connectivity index (χ3v) is 10.7. The molecule has 1 aliphatic heterocycles. The number of hydrogen-bond donors (Lipinski definition) is 1. The molecule has 4 saturated carbocycles. The van der Waals surface area contributed by atoms with Gasteiger partial charge in [-0.05, 0) is 74.0 Å². The van der Waals surface area contributed by atoms with Gasteiger partial charge in [-0.2, -0.15) is 0 Å². The summed E-state index contributed by atoms with van der Waals surface area (Å²) in [6, 6.07) is 0. The monoisotopic (exact) mass is 461 g/mol. The number of Topliss-reactive ketones (excluding diaryl/α,β-unsaturated/α-hetero) is 2. The van der Waals surface area contributed by atoms with E-state index >= 15 is 0 Å². The van der Waals surface area contributed by atoms with Gasteiger partial charge in [-0.15, -0.1) is 0 Å². The fourth-order valence-electron chi connectivity index (χ4n) is 9.07. The molecule has 0 bridgehead atoms. The summed E-state index contributed by atoms with van der Waals surface area (Å²) >= 11 is 0. The van der Waals surface area contributed by atoms with Gasteiger partial charge < -0.3 is 14.6 Å². The van der Waals surface area contributed by atoms with Crippen molar-refractivity contribution in [3.63, 3.8) is 0 Å². The molecule has 33 heavy (non-hydrogen) atoms. The first-order valence-corrected chi connectivity index (χ1v) is 13.4. The van der Waals surface area contributed by atoms with Gasteiger partial charge in [0, 0.05) is 37.9 Å². The van der Waals surface area contributed by atoms with E-state index in [0.717, 1.165) is 71.4 Å². The van der Waals surface area contributed by atoms with Crippen LogP contribution in [0.5, 0.6) is 0 Å². The summed E-state index contributed by atoms with van der Waals surface area (Å²) in [7, 11) is 0. The average Bonchev–Trinajstić information content (AvgIpc) is 3.12. The van der Waals surface area contributed by atoms with Gasteiger partial charge in [0.05, 0.1) is 32.0 Å². The molecule has 0 unspecified atom stereocenters. The zero-order valence-corrected chi connectivity index (χ0v) is 20.8. The van der Waals surface area contributed by atoms with Crippen molar-refractivity contribution in [3.8, 4) is 0 Å². The first-order chi connectivity index (χ1) is 15.7. The highest BCUT2D eigenvalue weighted by Crippen LogP contribution is 2.66. The number of aliphatic hydroxyl groups is 1. The number of carbonyl (C=O) groups is 2. The largest absolute Gasteiger partial charge is 0.390 e. The SMILES string of the molecule is CC(=O)[C@H]1CC[C@H]2[C@@H]3CC[C@H]4C[C@H](O)[C@@H](OCCN5CCOCC5)C[C@]4(C)[C@H]3C(=O)C[C@]12C. The van der Waals surface area contributed by atoms with Gasteiger partial charge in [-0.1, -0.05) is 13.8 Å². The van der Waals surface area contributed by atoms with Gasteiger partial charge in [-0.25, -0.2) is 0 Å². The van der Waals surface area contributed by atoms with Crippen LogP contribution in [0.2, 0.25) is 0 Å². The molecule has 5 fully saturated rings. The minimum absolute atomic E-state index is 0.0439. The van der Waals surface area contributed by atoms with Crippen molar-refractivity contribution in [2.45, 2.75) is 77.9 Å². The van der Waals surface area contributed by atoms with Gasteiger partial charge in [0.25, 0.3) is 0 Å². The highest BCUT2D eigenvalue weighted by Gasteiger charge is 2.64. The van der Waals surface area contributed by atoms with Crippen LogP contribution in [-0.2, 0) is 19.1 Å². The van der Waals surface area contributed by atoms with E-state index in [2.05, 4.69) is 18.7 Å². The predicted octanol–water partition coefficient (Wildman–Crippen LogP) is 3.10. The van der Waals surface area contributed by atoms with Crippen LogP contribution in [0.25, 0.3) is 0 Å². The van der Waals surface area contributed by atoms with E-state index in [1.54, 1.807) is 6.92 Å². The van der Waals surface area contributed by atoms with E-state index in [0.29, 0.717) is 36.6 Å². The minimum atomic E-state index is -0.443. The molecule has 0 radical (unpaired) electrons. The van der Waals surface area contributed by atoms with Crippen LogP contribution in [0.15, 0.2) is 0 Å². The molecular formula is C27H43NO5. The molecule has 0 aromatic rings. The van der Waals surface area contributed by atoms with E-state index < -0.39 is 6.10 Å². The smallest absolute Gasteiger partial charge is 0.137 e. The van der Waals surface area contributed by atoms with E-state index in [1.165, 1.54) is 0 Å². The van der Waals surface area contributed by atoms with Crippen LogP contribution in [0.3, 0.4) is 0 Å². The third-order valence-electron chi connectivity index (χ3n) is 10.7. The number of morpholine rings is 1. The molecule has 186 valence electrons. The first-order valence-electron chi connectivity index (χ1n) is 13.4. The zero-order chi connectivity index (χ0) is 23.4. The van der Waals surface area contributed by atoms with Crippen molar-refractivity contribution in [1.29, 1.82) is 0 Å². The fraction of sp³-hybridized carbons (Fsp3) is 0.926. The standard InChI is InChI=1S/C27H43NO5/c1-17(29)20-6-7-21-19-5-4-18-14-22(30)24(33-13-10-28-8-11-32-12-9-28)16-26(18,2)25(19)23(31)15-27(20,21)3/h18-22,24-25,30H,4-16H2,1-3H3/t18-,19-,20+,21-,22-,24-,25+,26-,27+/m0/s1. The first kappa shape index (κ1) is 23.9. The summed E-state index contributed by atoms with van der Waals surface area (Å²) in [5.74, 6) is 1.97. The predicted molar refractivity (Wildman–Crippen MR) is 125 cm³/mol. The minimum Gasteiger partial charge on any atom is -0.390 e. The second-order valence-electron chi connectivity index (χ2n) is 12.3. The lowest BCUT2D eigenvalue weighted by atomic mass is 9.44. The maximum absolute atomic E-state index is 13.8. The Labute approximate surface area is 198 Å². The Hall–Kier alpha value is -0.820. The summed E-state index contributed by atoms with van der Waals surface area (Å²) in [5, 5.41) is 10.9. The normalized spacial score (nSPS) is 48.1. The molecule has 0 aromatic heterocycles. The molecule has 1 heterocycles. The van der Waals surface area contributed by atoms with Gasteiger partial charge in [0.15, 0.2) is 0 Å². The Morgan fingerprint density at radius 1 is 1.15 bits per heavy atom. The Morgan fingerprint density at radius 3 is 2.64 bits per heavy atom. The van der Waals surface area contributed by atoms with Crippen molar-refractivity contribution in [3.05, 3.63) is 0 Å². The molecule has 4 aliphatic carbocycles. The molecule has 5 rings (SSSR count). The quantitative estimate of drug-likeness (QED) is 0.678. The Kier molecular flexibility index (Phi) is 6.52. The summed E-state index contributed by atoms with van der Waals surface area (Å²) < 4.78 is 11.7. The van der Waals surface area contributed by atoms with Crippen molar-refractivity contribution in [2.75, 3.05) is 39.5 Å². The molecule has 0 spiro atoms. The van der Waals surface area contributed by atoms with E-state index in [-0.39, 0.29) is 34.6 Å². The molecule has 5 aliphatic rings. The van der Waals surface area contributed by atoms with Crippen LogP contribution in [0.1, 0.15) is 65.7 Å². The van der Waals surface area contributed by atoms with Gasteiger partial charge in [0.1, 0.15) is 11.6 Å². The van der Waals surface area contributed by atoms with Crippen molar-refractivity contribution >= 4 is 11.6 Å². The highest BCUT2D eigenvalue weighted by molar-refractivity contribution is 5.87. The van der Waals surface area contributed by atoms with Crippen LogP contribution in [0, 0.1) is 40.4 Å². The molecule has 6 heteroatoms. The molecule has 0 amide bonds. The third kappa shape index (κ3) is 4.03. The van der Waals surface area contributed by atoms with Crippen molar-refractivity contribution in [2.24, 2.45) is 40.4 Å². The van der Waals surface area contributed by atoms with Crippen LogP contribution < -0.4 is 0 Å². The second-order valence-corrected chi connectivity index (χ2v) is 12.3. The number of rotatable bonds is 5. The Balaban J connectivity index is 1.30. The van der Waals surface area contributed by atoms with Crippen LogP contribution >= 0.6 is 0 Å². The van der Waals surface area contributed by atoms with E-state index in [4.69, 9.17) is 9.47 Å². The Morgan fingerprint density at radius 2 is 1.91 bits per heavy atom. The van der Waals surface area contributed by atoms with Crippen molar-refractivity contribution < 1.29 is 24.2 Å². The average molecular weight is 462 g/mol. The fourth-order valence-corrected chi connectivity index (χ4v) is 9.07. The summed E-state index contributed by atoms with van der Waals surface area (Å²) in [4.78, 5) is 28.5. The number of hydrogen-bond acceptors (Lipinski definition) is 6. The number of carbonyl (C=O) groups excluding carboxylic acids is 2. The Bertz CT molecular complexity index is 766. The van der Waals surface area contributed by atoms with Gasteiger partial charge >= 0.3 is 0 Å². The summed E-state index contributed by atoms with van der Waals surface area (Å²) in [6.45, 7) is 11.2. The maximum atomic E-state index is 13.8. The molecule has 1 saturated heterocycles. The van der Waals surface area contributed by atoms with E-state index in [1.807, 2.05) is 0 Å². The summed E-state index contributed by atoms with van der Waals surface area (Å²) in [5.41, 5.74) is -0.270. The summed E-state index contributed by atoms with van der Waals surface area (Å²) in [6.07, 6.45) is 5.61. The number of aliphatic hydroxyl groups excluding tert-OH is 1. The molecule has 1 N–H and O–H groups in total. The maximum Gasteiger partial charge on any atom is 0.137 e. The van der Waals surface area contributed by atoms with Crippen molar-refractivity contribution in [1.82, 2.24) is 4.90 Å². The molecule has 6 nitrogen and oxygen atoms in total. The topological polar surface area (TPSA) is 76.1 Å². The molecule has 0 aromatic carbocycles. The highest BCUT2D eigenvalue weighted by atomic mass is 16.5. The van der Waals surface area contributed by atoms with Crippen LogP contribution in [0.4, 0.5) is 0 Å². The van der Waals surface area contributed by atoms with Crippen LogP contribution in [-0.4, -0.2) is 73.2 Å². The van der Waals surface area contributed by atoms with Gasteiger partial charge in [0.2, 0.25) is 0 Å². The molecule has 9 atom stereocenters. The van der Waals surface area contributed by atoms with E-state index in [9.17, 15) is 14.7 Å². The number of fused-ring (bicyclic) bond motifs is 5. The lowest BCUT2D eigenvalue weighted by Crippen LogP contribution is -2.60. The lowest BCUT2D eigenvalue weighted by molar-refractivity contribution is -0.180.